The zero-order valence-corrected chi connectivity index (χ0v) is 11.1. The fourth-order valence-electron chi connectivity index (χ4n) is 1.57. The molecular weight excluding hydrogens is 303 g/mol. The van der Waals surface area contributed by atoms with Crippen molar-refractivity contribution in [2.24, 2.45) is 7.05 Å². The summed E-state index contributed by atoms with van der Waals surface area (Å²) in [6.07, 6.45) is 3.00. The third kappa shape index (κ3) is 2.28. The van der Waals surface area contributed by atoms with Crippen molar-refractivity contribution in [1.29, 1.82) is 0 Å². The highest BCUT2D eigenvalue weighted by atomic mass is 79.9. The third-order valence-corrected chi connectivity index (χ3v) is 3.49. The molecule has 18 heavy (non-hydrogen) atoms. The number of nitrogens with zero attached hydrogens (tertiary/aromatic N) is 2. The van der Waals surface area contributed by atoms with Crippen molar-refractivity contribution in [1.82, 2.24) is 9.13 Å². The average Bonchev–Trinajstić information content (AvgIpc) is 2.35. The van der Waals surface area contributed by atoms with Crippen LogP contribution < -0.4 is 11.1 Å². The molecule has 1 aromatic heterocycles. The monoisotopic (exact) mass is 312 g/mol. The van der Waals surface area contributed by atoms with Gasteiger partial charge in [0, 0.05) is 19.4 Å². The molecular formula is C12H10BrFN2O2. The Balaban J connectivity index is 2.47. The van der Waals surface area contributed by atoms with E-state index in [9.17, 15) is 14.0 Å². The lowest BCUT2D eigenvalue weighted by molar-refractivity contribution is 0.613. The second-order valence-electron chi connectivity index (χ2n) is 3.86. The van der Waals surface area contributed by atoms with E-state index in [-0.39, 0.29) is 6.54 Å². The van der Waals surface area contributed by atoms with Crippen molar-refractivity contribution in [3.8, 4) is 0 Å². The van der Waals surface area contributed by atoms with Gasteiger partial charge < -0.3 is 9.13 Å². The Hall–Kier alpha value is -1.69. The van der Waals surface area contributed by atoms with E-state index in [4.69, 9.17) is 0 Å². The third-order valence-electron chi connectivity index (χ3n) is 2.61. The van der Waals surface area contributed by atoms with E-state index in [2.05, 4.69) is 15.9 Å². The van der Waals surface area contributed by atoms with E-state index in [1.807, 2.05) is 0 Å². The quantitative estimate of drug-likeness (QED) is 0.789. The van der Waals surface area contributed by atoms with Gasteiger partial charge in [0.15, 0.2) is 0 Å². The van der Waals surface area contributed by atoms with Gasteiger partial charge in [-0.1, -0.05) is 12.1 Å². The topological polar surface area (TPSA) is 44.0 Å². The Morgan fingerprint density at radius 1 is 1.22 bits per heavy atom. The van der Waals surface area contributed by atoms with Gasteiger partial charge in [0.2, 0.25) is 0 Å². The van der Waals surface area contributed by atoms with Gasteiger partial charge in [-0.25, -0.2) is 4.39 Å². The molecule has 0 saturated carbocycles. The first-order chi connectivity index (χ1) is 8.50. The second-order valence-corrected chi connectivity index (χ2v) is 4.65. The molecule has 4 nitrogen and oxygen atoms in total. The van der Waals surface area contributed by atoms with Gasteiger partial charge in [0.1, 0.15) is 5.82 Å². The van der Waals surface area contributed by atoms with Crippen LogP contribution in [0.5, 0.6) is 0 Å². The Bertz CT molecular complexity index is 706. The van der Waals surface area contributed by atoms with Crippen LogP contribution in [0.4, 0.5) is 4.39 Å². The molecule has 0 unspecified atom stereocenters. The SMILES string of the molecule is Cn1ccn(Cc2cccc(F)c2Br)c(=O)c1=O. The van der Waals surface area contributed by atoms with Crippen LogP contribution in [0.1, 0.15) is 5.56 Å². The first-order valence-electron chi connectivity index (χ1n) is 5.19. The predicted molar refractivity (Wildman–Crippen MR) is 69.1 cm³/mol. The zero-order valence-electron chi connectivity index (χ0n) is 9.56. The Kier molecular flexibility index (Phi) is 3.47. The summed E-state index contributed by atoms with van der Waals surface area (Å²) in [5.41, 5.74) is -0.633. The second kappa shape index (κ2) is 4.89. The number of hydrogen-bond donors (Lipinski definition) is 0. The van der Waals surface area contributed by atoms with Gasteiger partial charge >= 0.3 is 11.1 Å². The molecule has 0 saturated heterocycles. The van der Waals surface area contributed by atoms with Crippen molar-refractivity contribution in [2.75, 3.05) is 0 Å². The number of aromatic nitrogens is 2. The highest BCUT2D eigenvalue weighted by Gasteiger charge is 2.08. The van der Waals surface area contributed by atoms with Crippen LogP contribution >= 0.6 is 15.9 Å². The molecule has 0 amide bonds. The summed E-state index contributed by atoms with van der Waals surface area (Å²) in [6.45, 7) is 0.146. The maximum Gasteiger partial charge on any atom is 0.316 e. The zero-order chi connectivity index (χ0) is 13.3. The van der Waals surface area contributed by atoms with Crippen LogP contribution in [0.3, 0.4) is 0 Å². The summed E-state index contributed by atoms with van der Waals surface area (Å²) in [7, 11) is 1.51. The first-order valence-corrected chi connectivity index (χ1v) is 5.99. The van der Waals surface area contributed by atoms with Gasteiger partial charge in [-0.15, -0.1) is 0 Å². The molecule has 0 aliphatic heterocycles. The number of benzene rings is 1. The molecule has 0 aliphatic carbocycles. The number of aryl methyl sites for hydroxylation is 1. The normalized spacial score (nSPS) is 10.6. The minimum atomic E-state index is -0.629. The van der Waals surface area contributed by atoms with Crippen molar-refractivity contribution in [3.05, 3.63) is 67.2 Å². The standard InChI is InChI=1S/C12H10BrFN2O2/c1-15-5-6-16(12(18)11(15)17)7-8-3-2-4-9(14)10(8)13/h2-6H,7H2,1H3. The maximum absolute atomic E-state index is 13.3. The van der Waals surface area contributed by atoms with E-state index in [0.29, 0.717) is 10.0 Å². The summed E-state index contributed by atoms with van der Waals surface area (Å²) in [5.74, 6) is -0.399. The maximum atomic E-state index is 13.3. The van der Waals surface area contributed by atoms with Crippen LogP contribution in [-0.2, 0) is 13.6 Å². The van der Waals surface area contributed by atoms with Gasteiger partial charge in [-0.2, -0.15) is 0 Å². The first kappa shape index (κ1) is 12.8. The molecule has 1 heterocycles. The van der Waals surface area contributed by atoms with Crippen LogP contribution in [0.25, 0.3) is 0 Å². The Morgan fingerprint density at radius 2 is 1.94 bits per heavy atom. The van der Waals surface area contributed by atoms with Crippen LogP contribution in [0, 0.1) is 5.82 Å². The van der Waals surface area contributed by atoms with Gasteiger partial charge in [0.05, 0.1) is 11.0 Å². The van der Waals surface area contributed by atoms with E-state index >= 15 is 0 Å². The summed E-state index contributed by atoms with van der Waals surface area (Å²) in [6, 6.07) is 4.57. The van der Waals surface area contributed by atoms with Crippen LogP contribution in [0.15, 0.2) is 44.7 Å². The molecule has 0 spiro atoms. The van der Waals surface area contributed by atoms with Crippen LogP contribution in [-0.4, -0.2) is 9.13 Å². The van der Waals surface area contributed by atoms with E-state index in [1.54, 1.807) is 12.1 Å². The fourth-order valence-corrected chi connectivity index (χ4v) is 1.96. The van der Waals surface area contributed by atoms with Gasteiger partial charge in [0.25, 0.3) is 0 Å². The molecule has 1 aromatic carbocycles. The fraction of sp³-hybridized carbons (Fsp3) is 0.167. The Morgan fingerprint density at radius 3 is 2.67 bits per heavy atom. The highest BCUT2D eigenvalue weighted by Crippen LogP contribution is 2.20. The molecule has 6 heteroatoms. The minimum Gasteiger partial charge on any atom is -0.312 e. The van der Waals surface area contributed by atoms with E-state index < -0.39 is 16.9 Å². The predicted octanol–water partition coefficient (Wildman–Crippen LogP) is 1.50. The lowest BCUT2D eigenvalue weighted by Crippen LogP contribution is -2.39. The van der Waals surface area contributed by atoms with Crippen molar-refractivity contribution in [2.45, 2.75) is 6.54 Å². The molecule has 0 bridgehead atoms. The van der Waals surface area contributed by atoms with Crippen LogP contribution in [0.2, 0.25) is 0 Å². The molecule has 94 valence electrons. The summed E-state index contributed by atoms with van der Waals surface area (Å²) < 4.78 is 16.1. The van der Waals surface area contributed by atoms with E-state index in [1.165, 1.54) is 34.6 Å². The lowest BCUT2D eigenvalue weighted by atomic mass is 10.2. The number of hydrogen-bond acceptors (Lipinski definition) is 2. The number of rotatable bonds is 2. The number of halogens is 2. The molecule has 0 radical (unpaired) electrons. The summed E-state index contributed by atoms with van der Waals surface area (Å²) in [5, 5.41) is 0. The van der Waals surface area contributed by atoms with Crippen molar-refractivity contribution < 1.29 is 4.39 Å². The lowest BCUT2D eigenvalue weighted by Gasteiger charge is -2.08. The summed E-state index contributed by atoms with van der Waals surface area (Å²) >= 11 is 3.12. The van der Waals surface area contributed by atoms with Gasteiger partial charge in [-0.05, 0) is 27.6 Å². The molecule has 0 N–H and O–H groups in total. The van der Waals surface area contributed by atoms with Gasteiger partial charge in [-0.3, -0.25) is 9.59 Å². The van der Waals surface area contributed by atoms with E-state index in [0.717, 1.165) is 0 Å². The Labute approximate surface area is 110 Å². The molecule has 0 fully saturated rings. The molecule has 2 aromatic rings. The largest absolute Gasteiger partial charge is 0.316 e. The van der Waals surface area contributed by atoms with Crippen molar-refractivity contribution >= 4 is 15.9 Å². The smallest absolute Gasteiger partial charge is 0.312 e. The minimum absolute atomic E-state index is 0.146. The molecule has 0 atom stereocenters. The molecule has 2 rings (SSSR count). The van der Waals surface area contributed by atoms with Crippen molar-refractivity contribution in [3.63, 3.8) is 0 Å². The highest BCUT2D eigenvalue weighted by molar-refractivity contribution is 9.10. The summed E-state index contributed by atoms with van der Waals surface area (Å²) in [4.78, 5) is 23.2. The molecule has 0 aliphatic rings. The average molecular weight is 313 g/mol.